The summed E-state index contributed by atoms with van der Waals surface area (Å²) in [5, 5.41) is 9.55. The summed E-state index contributed by atoms with van der Waals surface area (Å²) in [5.74, 6) is 0.608. The molecule has 10 heteroatoms. The van der Waals surface area contributed by atoms with Gasteiger partial charge in [-0.1, -0.05) is 16.8 Å². The number of alkyl halides is 3. The fourth-order valence-corrected chi connectivity index (χ4v) is 1.77. The van der Waals surface area contributed by atoms with Gasteiger partial charge in [0.25, 0.3) is 5.56 Å². The molecule has 0 atom stereocenters. The topological polar surface area (TPSA) is 73.0 Å². The van der Waals surface area contributed by atoms with Crippen LogP contribution in [-0.4, -0.2) is 21.1 Å². The first-order valence-electron chi connectivity index (χ1n) is 5.75. The predicted octanol–water partition coefficient (Wildman–Crippen LogP) is 2.37. The Morgan fingerprint density at radius 1 is 1.48 bits per heavy atom. The molecule has 1 N–H and O–H groups in total. The summed E-state index contributed by atoms with van der Waals surface area (Å²) in [4.78, 5) is 11.7. The minimum absolute atomic E-state index is 0.126. The van der Waals surface area contributed by atoms with Gasteiger partial charge < -0.3 is 9.84 Å². The first-order valence-corrected chi connectivity index (χ1v) is 6.12. The molecule has 0 aliphatic heterocycles. The van der Waals surface area contributed by atoms with Gasteiger partial charge in [-0.05, 0) is 6.92 Å². The molecular formula is C11H10ClF3N4O2. The van der Waals surface area contributed by atoms with Gasteiger partial charge >= 0.3 is 6.18 Å². The van der Waals surface area contributed by atoms with E-state index in [0.717, 1.165) is 6.20 Å². The summed E-state index contributed by atoms with van der Waals surface area (Å²) >= 11 is 5.75. The van der Waals surface area contributed by atoms with Crippen molar-refractivity contribution in [2.24, 2.45) is 0 Å². The number of hydrogen-bond acceptors (Lipinski definition) is 5. The standard InChI is InChI=1S/C11H10ClF3N4O2/c1-6-2-7(18-21-6)3-16-8-4-17-19(5-11(13,14)15)10(20)9(8)12/h2,4,16H,3,5H2,1H3. The van der Waals surface area contributed by atoms with Gasteiger partial charge in [-0.2, -0.15) is 18.3 Å². The van der Waals surface area contributed by atoms with Gasteiger partial charge in [0.2, 0.25) is 0 Å². The number of hydrogen-bond donors (Lipinski definition) is 1. The van der Waals surface area contributed by atoms with Gasteiger partial charge in [0.05, 0.1) is 18.4 Å². The molecule has 2 aromatic rings. The van der Waals surface area contributed by atoms with Crippen LogP contribution in [0.5, 0.6) is 0 Å². The normalized spacial score (nSPS) is 11.7. The molecule has 2 heterocycles. The lowest BCUT2D eigenvalue weighted by molar-refractivity contribution is -0.143. The van der Waals surface area contributed by atoms with E-state index in [1.54, 1.807) is 13.0 Å². The van der Waals surface area contributed by atoms with E-state index in [9.17, 15) is 18.0 Å². The molecular weight excluding hydrogens is 313 g/mol. The maximum absolute atomic E-state index is 12.2. The zero-order chi connectivity index (χ0) is 15.6. The molecule has 0 aromatic carbocycles. The largest absolute Gasteiger partial charge is 0.408 e. The van der Waals surface area contributed by atoms with Gasteiger partial charge in [-0.3, -0.25) is 4.79 Å². The van der Waals surface area contributed by atoms with E-state index in [-0.39, 0.29) is 21.9 Å². The number of rotatable bonds is 4. The molecule has 0 spiro atoms. The number of nitrogens with zero attached hydrogens (tertiary/aromatic N) is 3. The second kappa shape index (κ2) is 5.76. The van der Waals surface area contributed by atoms with Crippen LogP contribution in [0.15, 0.2) is 21.6 Å². The lowest BCUT2D eigenvalue weighted by Gasteiger charge is -2.11. The molecule has 0 aliphatic rings. The Kier molecular flexibility index (Phi) is 4.21. The zero-order valence-corrected chi connectivity index (χ0v) is 11.5. The summed E-state index contributed by atoms with van der Waals surface area (Å²) in [5.41, 5.74) is -0.334. The van der Waals surface area contributed by atoms with Crippen LogP contribution in [-0.2, 0) is 13.1 Å². The summed E-state index contributed by atoms with van der Waals surface area (Å²) in [7, 11) is 0. The Hall–Kier alpha value is -2.03. The highest BCUT2D eigenvalue weighted by molar-refractivity contribution is 6.32. The Balaban J connectivity index is 2.15. The van der Waals surface area contributed by atoms with Crippen molar-refractivity contribution >= 4 is 17.3 Å². The Bertz CT molecular complexity index is 696. The second-order valence-electron chi connectivity index (χ2n) is 4.23. The molecule has 21 heavy (non-hydrogen) atoms. The highest BCUT2D eigenvalue weighted by Gasteiger charge is 2.29. The number of aryl methyl sites for hydroxylation is 1. The molecule has 0 bridgehead atoms. The van der Waals surface area contributed by atoms with Gasteiger partial charge in [0.15, 0.2) is 0 Å². The molecule has 0 radical (unpaired) electrons. The van der Waals surface area contributed by atoms with E-state index in [4.69, 9.17) is 16.1 Å². The van der Waals surface area contributed by atoms with Gasteiger partial charge in [0.1, 0.15) is 23.0 Å². The molecule has 0 fully saturated rings. The Morgan fingerprint density at radius 2 is 2.19 bits per heavy atom. The van der Waals surface area contributed by atoms with Crippen LogP contribution in [0.1, 0.15) is 11.5 Å². The SMILES string of the molecule is Cc1cc(CNc2cnn(CC(F)(F)F)c(=O)c2Cl)no1. The number of halogens is 4. The highest BCUT2D eigenvalue weighted by atomic mass is 35.5. The Morgan fingerprint density at radius 3 is 2.76 bits per heavy atom. The average Bonchev–Trinajstić information content (AvgIpc) is 2.79. The first kappa shape index (κ1) is 15.4. The number of anilines is 1. The lowest BCUT2D eigenvalue weighted by Crippen LogP contribution is -2.30. The summed E-state index contributed by atoms with van der Waals surface area (Å²) in [6, 6.07) is 1.67. The van der Waals surface area contributed by atoms with Crippen molar-refractivity contribution in [1.82, 2.24) is 14.9 Å². The van der Waals surface area contributed by atoms with E-state index < -0.39 is 18.3 Å². The molecule has 114 valence electrons. The van der Waals surface area contributed by atoms with Crippen molar-refractivity contribution in [3.05, 3.63) is 39.1 Å². The average molecular weight is 323 g/mol. The highest BCUT2D eigenvalue weighted by Crippen LogP contribution is 2.19. The van der Waals surface area contributed by atoms with Crippen LogP contribution in [0.2, 0.25) is 5.02 Å². The lowest BCUT2D eigenvalue weighted by atomic mass is 10.3. The molecule has 6 nitrogen and oxygen atoms in total. The van der Waals surface area contributed by atoms with E-state index in [1.165, 1.54) is 0 Å². The van der Waals surface area contributed by atoms with E-state index >= 15 is 0 Å². The van der Waals surface area contributed by atoms with Gasteiger partial charge in [-0.25, -0.2) is 4.68 Å². The fourth-order valence-electron chi connectivity index (χ4n) is 1.56. The van der Waals surface area contributed by atoms with Crippen molar-refractivity contribution in [2.45, 2.75) is 26.2 Å². The number of aromatic nitrogens is 3. The molecule has 0 saturated heterocycles. The molecule has 0 amide bonds. The van der Waals surface area contributed by atoms with Crippen LogP contribution >= 0.6 is 11.6 Å². The van der Waals surface area contributed by atoms with Crippen molar-refractivity contribution < 1.29 is 17.7 Å². The third-order valence-electron chi connectivity index (χ3n) is 2.45. The van der Waals surface area contributed by atoms with Crippen molar-refractivity contribution in [3.8, 4) is 0 Å². The van der Waals surface area contributed by atoms with E-state index in [1.807, 2.05) is 0 Å². The molecule has 2 aromatic heterocycles. The Labute approximate surface area is 121 Å². The summed E-state index contributed by atoms with van der Waals surface area (Å²) in [6.07, 6.45) is -3.49. The van der Waals surface area contributed by atoms with E-state index in [2.05, 4.69) is 15.6 Å². The van der Waals surface area contributed by atoms with Crippen molar-refractivity contribution in [2.75, 3.05) is 5.32 Å². The van der Waals surface area contributed by atoms with Crippen molar-refractivity contribution in [1.29, 1.82) is 0 Å². The van der Waals surface area contributed by atoms with E-state index in [0.29, 0.717) is 11.5 Å². The van der Waals surface area contributed by atoms with Crippen LogP contribution in [0.25, 0.3) is 0 Å². The minimum atomic E-state index is -4.55. The van der Waals surface area contributed by atoms with Gasteiger partial charge in [0, 0.05) is 6.07 Å². The van der Waals surface area contributed by atoms with Crippen LogP contribution in [0.4, 0.5) is 18.9 Å². The fraction of sp³-hybridized carbons (Fsp3) is 0.364. The van der Waals surface area contributed by atoms with Gasteiger partial charge in [-0.15, -0.1) is 0 Å². The van der Waals surface area contributed by atoms with Crippen LogP contribution in [0.3, 0.4) is 0 Å². The molecule has 0 aliphatic carbocycles. The van der Waals surface area contributed by atoms with Crippen LogP contribution in [0, 0.1) is 6.92 Å². The molecule has 0 saturated carbocycles. The number of nitrogens with one attached hydrogen (secondary N) is 1. The third-order valence-corrected chi connectivity index (χ3v) is 2.82. The first-order chi connectivity index (χ1) is 9.76. The second-order valence-corrected chi connectivity index (χ2v) is 4.61. The van der Waals surface area contributed by atoms with Crippen LogP contribution < -0.4 is 10.9 Å². The third kappa shape index (κ3) is 3.97. The maximum Gasteiger partial charge on any atom is 0.408 e. The zero-order valence-electron chi connectivity index (χ0n) is 10.7. The maximum atomic E-state index is 12.2. The summed E-state index contributed by atoms with van der Waals surface area (Å²) in [6.45, 7) is 0.416. The molecule has 0 unspecified atom stereocenters. The molecule has 2 rings (SSSR count). The quantitative estimate of drug-likeness (QED) is 0.935. The summed E-state index contributed by atoms with van der Waals surface area (Å²) < 4.78 is 41.9. The monoisotopic (exact) mass is 322 g/mol. The smallest absolute Gasteiger partial charge is 0.377 e. The minimum Gasteiger partial charge on any atom is -0.377 e. The predicted molar refractivity (Wildman–Crippen MR) is 68.1 cm³/mol. The van der Waals surface area contributed by atoms with Crippen molar-refractivity contribution in [3.63, 3.8) is 0 Å².